The molecule has 3 nitrogen and oxygen atoms in total. The number of hydrogen-bond donors (Lipinski definition) is 0. The predicted octanol–water partition coefficient (Wildman–Crippen LogP) is 7.41. The summed E-state index contributed by atoms with van der Waals surface area (Å²) >= 11 is 24.8. The topological polar surface area (TPSA) is 35.3 Å². The number of rotatable bonds is 5. The fraction of sp³-hybridized carbons (Fsp3) is 0.211. The van der Waals surface area contributed by atoms with Gasteiger partial charge in [-0.1, -0.05) is 57.6 Å². The molecule has 0 saturated heterocycles. The van der Waals surface area contributed by atoms with Gasteiger partial charge in [-0.2, -0.15) is 0 Å². The summed E-state index contributed by atoms with van der Waals surface area (Å²) in [5, 5.41) is 6.29. The minimum Gasteiger partial charge on any atom is -0.489 e. The van der Waals surface area contributed by atoms with Crippen LogP contribution in [0, 0.1) is 0 Å². The number of halogens is 4. The molecular weight excluding hydrogens is 416 g/mol. The zero-order valence-electron chi connectivity index (χ0n) is 13.4. The van der Waals surface area contributed by atoms with Crippen LogP contribution >= 0.6 is 46.4 Å². The second kappa shape index (κ2) is 7.32. The zero-order chi connectivity index (χ0) is 18.3. The Hall–Kier alpha value is -1.39. The molecule has 4 rings (SSSR count). The molecule has 0 aliphatic heterocycles. The molecule has 1 aliphatic carbocycles. The van der Waals surface area contributed by atoms with Gasteiger partial charge in [-0.15, -0.1) is 0 Å². The first-order valence-electron chi connectivity index (χ1n) is 8.04. The smallest absolute Gasteiger partial charge is 0.147 e. The molecule has 1 saturated carbocycles. The van der Waals surface area contributed by atoms with Gasteiger partial charge in [-0.3, -0.25) is 0 Å². The number of benzene rings is 2. The molecule has 1 aliphatic rings. The maximum Gasteiger partial charge on any atom is 0.147 e. The molecule has 0 amide bonds. The normalized spacial score (nSPS) is 13.8. The lowest BCUT2D eigenvalue weighted by molar-refractivity contribution is 0.300. The number of nitrogens with zero attached hydrogens (tertiary/aromatic N) is 1. The second-order valence-electron chi connectivity index (χ2n) is 6.14. The van der Waals surface area contributed by atoms with Crippen molar-refractivity contribution in [2.45, 2.75) is 25.4 Å². The van der Waals surface area contributed by atoms with Crippen molar-refractivity contribution in [3.63, 3.8) is 0 Å². The van der Waals surface area contributed by atoms with Gasteiger partial charge in [0.15, 0.2) is 0 Å². The zero-order valence-corrected chi connectivity index (χ0v) is 16.5. The Morgan fingerprint density at radius 1 is 1.00 bits per heavy atom. The highest BCUT2D eigenvalue weighted by molar-refractivity contribution is 6.39. The predicted molar refractivity (Wildman–Crippen MR) is 105 cm³/mol. The Morgan fingerprint density at radius 3 is 2.27 bits per heavy atom. The number of aromatic nitrogens is 1. The van der Waals surface area contributed by atoms with Crippen LogP contribution in [0.2, 0.25) is 20.1 Å². The molecule has 0 bridgehead atoms. The molecule has 1 heterocycles. The Kier molecular flexibility index (Phi) is 5.07. The summed E-state index contributed by atoms with van der Waals surface area (Å²) in [7, 11) is 0. The molecule has 1 fully saturated rings. The summed E-state index contributed by atoms with van der Waals surface area (Å²) in [6.07, 6.45) is 2.14. The first-order chi connectivity index (χ1) is 12.5. The maximum atomic E-state index is 6.36. The van der Waals surface area contributed by atoms with Crippen LogP contribution in [0.1, 0.15) is 30.1 Å². The van der Waals surface area contributed by atoms with Crippen molar-refractivity contribution in [3.8, 4) is 17.0 Å². The molecule has 134 valence electrons. The van der Waals surface area contributed by atoms with Crippen LogP contribution in [0.15, 0.2) is 40.9 Å². The monoisotopic (exact) mass is 427 g/mol. The third-order valence-electron chi connectivity index (χ3n) is 4.19. The highest BCUT2D eigenvalue weighted by Gasteiger charge is 2.33. The Morgan fingerprint density at radius 2 is 1.65 bits per heavy atom. The van der Waals surface area contributed by atoms with Gasteiger partial charge in [0, 0.05) is 21.5 Å². The largest absolute Gasteiger partial charge is 0.489 e. The third kappa shape index (κ3) is 3.67. The average Bonchev–Trinajstić information content (AvgIpc) is 3.33. The van der Waals surface area contributed by atoms with Gasteiger partial charge >= 0.3 is 0 Å². The van der Waals surface area contributed by atoms with E-state index in [1.807, 2.05) is 0 Å². The van der Waals surface area contributed by atoms with Crippen molar-refractivity contribution in [2.75, 3.05) is 0 Å². The van der Waals surface area contributed by atoms with E-state index < -0.39 is 0 Å². The van der Waals surface area contributed by atoms with Crippen LogP contribution in [-0.4, -0.2) is 5.16 Å². The lowest BCUT2D eigenvalue weighted by atomic mass is 10.0. The molecule has 7 heteroatoms. The number of hydrogen-bond acceptors (Lipinski definition) is 3. The van der Waals surface area contributed by atoms with Crippen LogP contribution in [0.3, 0.4) is 0 Å². The Labute approximate surface area is 170 Å². The van der Waals surface area contributed by atoms with E-state index in [9.17, 15) is 0 Å². The summed E-state index contributed by atoms with van der Waals surface area (Å²) in [5.74, 6) is 1.75. The minimum absolute atomic E-state index is 0.253. The fourth-order valence-electron chi connectivity index (χ4n) is 2.82. The summed E-state index contributed by atoms with van der Waals surface area (Å²) in [5.41, 5.74) is 2.10. The van der Waals surface area contributed by atoms with Crippen LogP contribution in [0.5, 0.6) is 5.75 Å². The highest BCUT2D eigenvalue weighted by Crippen LogP contribution is 2.46. The summed E-state index contributed by atoms with van der Waals surface area (Å²) in [4.78, 5) is 0. The average molecular weight is 429 g/mol. The number of ether oxygens (including phenoxy) is 1. The van der Waals surface area contributed by atoms with E-state index in [0.29, 0.717) is 43.0 Å². The van der Waals surface area contributed by atoms with E-state index in [4.69, 9.17) is 55.7 Å². The molecule has 2 aromatic carbocycles. The molecule has 26 heavy (non-hydrogen) atoms. The summed E-state index contributed by atoms with van der Waals surface area (Å²) in [6.45, 7) is 0.253. The Balaban J connectivity index is 1.71. The van der Waals surface area contributed by atoms with E-state index in [1.54, 1.807) is 36.4 Å². The van der Waals surface area contributed by atoms with Crippen molar-refractivity contribution in [1.82, 2.24) is 5.16 Å². The van der Waals surface area contributed by atoms with Crippen LogP contribution < -0.4 is 4.74 Å². The molecule has 0 N–H and O–H groups in total. The first kappa shape index (κ1) is 18.0. The van der Waals surface area contributed by atoms with Gasteiger partial charge in [0.25, 0.3) is 0 Å². The standard InChI is InChI=1S/C19H13Cl4NO2/c20-11-6-12(21)8-13(7-11)25-9-14-18(24-26-19(14)10-4-5-10)17-15(22)2-1-3-16(17)23/h1-3,6-8,10H,4-5,9H2. The SMILES string of the molecule is Clc1cc(Cl)cc(OCc2c(-c3c(Cl)cccc3Cl)noc2C2CC2)c1. The van der Waals surface area contributed by atoms with Crippen molar-refractivity contribution in [1.29, 1.82) is 0 Å². The van der Waals surface area contributed by atoms with E-state index in [-0.39, 0.29) is 6.61 Å². The van der Waals surface area contributed by atoms with Crippen molar-refractivity contribution < 1.29 is 9.26 Å². The quantitative estimate of drug-likeness (QED) is 0.424. The molecule has 3 aromatic rings. The van der Waals surface area contributed by atoms with Gasteiger partial charge in [-0.25, -0.2) is 0 Å². The summed E-state index contributed by atoms with van der Waals surface area (Å²) in [6, 6.07) is 10.4. The van der Waals surface area contributed by atoms with E-state index in [2.05, 4.69) is 5.16 Å². The lowest BCUT2D eigenvalue weighted by Gasteiger charge is -2.10. The van der Waals surface area contributed by atoms with E-state index in [1.165, 1.54) is 0 Å². The molecule has 0 radical (unpaired) electrons. The first-order valence-corrected chi connectivity index (χ1v) is 9.56. The van der Waals surface area contributed by atoms with Crippen molar-refractivity contribution >= 4 is 46.4 Å². The van der Waals surface area contributed by atoms with E-state index >= 15 is 0 Å². The maximum absolute atomic E-state index is 6.36. The van der Waals surface area contributed by atoms with Gasteiger partial charge in [-0.05, 0) is 43.2 Å². The van der Waals surface area contributed by atoms with Gasteiger partial charge in [0.05, 0.1) is 15.6 Å². The van der Waals surface area contributed by atoms with Crippen LogP contribution in [0.4, 0.5) is 0 Å². The molecule has 0 spiro atoms. The molecular formula is C19H13Cl4NO2. The molecule has 0 unspecified atom stereocenters. The fourth-order valence-corrected chi connectivity index (χ4v) is 3.90. The highest BCUT2D eigenvalue weighted by atomic mass is 35.5. The van der Waals surface area contributed by atoms with Gasteiger partial charge in [0.2, 0.25) is 0 Å². The summed E-state index contributed by atoms with van der Waals surface area (Å²) < 4.78 is 11.5. The Bertz CT molecular complexity index is 926. The lowest BCUT2D eigenvalue weighted by Crippen LogP contribution is -2.00. The van der Waals surface area contributed by atoms with Gasteiger partial charge in [0.1, 0.15) is 23.8 Å². The minimum atomic E-state index is 0.253. The van der Waals surface area contributed by atoms with Crippen molar-refractivity contribution in [2.24, 2.45) is 0 Å². The third-order valence-corrected chi connectivity index (χ3v) is 5.25. The van der Waals surface area contributed by atoms with Gasteiger partial charge < -0.3 is 9.26 Å². The van der Waals surface area contributed by atoms with Crippen molar-refractivity contribution in [3.05, 3.63) is 67.8 Å². The van der Waals surface area contributed by atoms with Crippen LogP contribution in [0.25, 0.3) is 11.3 Å². The molecule has 1 aromatic heterocycles. The van der Waals surface area contributed by atoms with Crippen LogP contribution in [-0.2, 0) is 6.61 Å². The second-order valence-corrected chi connectivity index (χ2v) is 7.83. The van der Waals surface area contributed by atoms with E-state index in [0.717, 1.165) is 24.2 Å². The molecule has 0 atom stereocenters.